The zero-order valence-corrected chi connectivity index (χ0v) is 14.6. The molecule has 0 saturated carbocycles. The number of rotatable bonds is 2. The maximum absolute atomic E-state index is 14.6. The Morgan fingerprint density at radius 3 is 3.00 bits per heavy atom. The van der Waals surface area contributed by atoms with Crippen LogP contribution in [-0.4, -0.2) is 16.7 Å². The first-order chi connectivity index (χ1) is 12.4. The van der Waals surface area contributed by atoms with Crippen LogP contribution in [0.4, 0.5) is 10.1 Å². The number of amidine groups is 1. The average Bonchev–Trinajstić information content (AvgIpc) is 2.61. The highest BCUT2D eigenvalue weighted by atomic mass is 19.1. The smallest absolute Gasteiger partial charge is 0.300 e. The lowest BCUT2D eigenvalue weighted by molar-refractivity contribution is -0.111. The lowest BCUT2D eigenvalue weighted by Gasteiger charge is -2.32. The van der Waals surface area contributed by atoms with E-state index in [9.17, 15) is 9.18 Å². The fourth-order valence-electron chi connectivity index (χ4n) is 3.06. The van der Waals surface area contributed by atoms with E-state index >= 15 is 0 Å². The first kappa shape index (κ1) is 17.6. The van der Waals surface area contributed by atoms with Gasteiger partial charge in [-0.15, -0.1) is 0 Å². The maximum Gasteiger partial charge on any atom is 0.300 e. The molecule has 26 heavy (non-hydrogen) atoms. The summed E-state index contributed by atoms with van der Waals surface area (Å²) in [6.45, 7) is 3.67. The summed E-state index contributed by atoms with van der Waals surface area (Å²) < 4.78 is 14.6. The number of nitrogens with two attached hydrogens (primary N) is 1. The number of pyridine rings is 1. The summed E-state index contributed by atoms with van der Waals surface area (Å²) in [5.74, 6) is 4.68. The Kier molecular flexibility index (Phi) is 4.72. The van der Waals surface area contributed by atoms with Gasteiger partial charge in [0, 0.05) is 42.0 Å². The number of anilines is 1. The number of aliphatic imine (C=N–C) groups is 1. The molecule has 0 radical (unpaired) electrons. The highest BCUT2D eigenvalue weighted by Crippen LogP contribution is 2.36. The summed E-state index contributed by atoms with van der Waals surface area (Å²) >= 11 is 0. The van der Waals surface area contributed by atoms with E-state index in [4.69, 9.17) is 5.73 Å². The van der Waals surface area contributed by atoms with E-state index < -0.39 is 17.3 Å². The second kappa shape index (κ2) is 6.96. The van der Waals surface area contributed by atoms with E-state index in [1.165, 1.54) is 12.1 Å². The van der Waals surface area contributed by atoms with Gasteiger partial charge in [0.2, 0.25) is 0 Å². The van der Waals surface area contributed by atoms with Crippen molar-refractivity contribution in [2.75, 3.05) is 5.32 Å². The van der Waals surface area contributed by atoms with E-state index in [0.29, 0.717) is 29.9 Å². The summed E-state index contributed by atoms with van der Waals surface area (Å²) in [4.78, 5) is 20.5. The van der Waals surface area contributed by atoms with Crippen molar-refractivity contribution in [2.45, 2.75) is 32.2 Å². The zero-order valence-electron chi connectivity index (χ0n) is 14.6. The van der Waals surface area contributed by atoms with Crippen LogP contribution < -0.4 is 11.1 Å². The van der Waals surface area contributed by atoms with Gasteiger partial charge in [-0.3, -0.25) is 14.8 Å². The van der Waals surface area contributed by atoms with Crippen LogP contribution in [0.2, 0.25) is 0 Å². The van der Waals surface area contributed by atoms with E-state index in [2.05, 4.69) is 27.1 Å². The molecule has 0 saturated heterocycles. The molecule has 2 heterocycles. The second-order valence-corrected chi connectivity index (χ2v) is 6.28. The molecule has 3 N–H and O–H groups in total. The molecule has 1 aromatic carbocycles. The third-order valence-corrected chi connectivity index (χ3v) is 4.26. The summed E-state index contributed by atoms with van der Waals surface area (Å²) in [5.41, 5.74) is 7.75. The monoisotopic (exact) mass is 350 g/mol. The Morgan fingerprint density at radius 1 is 1.42 bits per heavy atom. The van der Waals surface area contributed by atoms with Gasteiger partial charge in [0.1, 0.15) is 11.7 Å². The van der Waals surface area contributed by atoms with Gasteiger partial charge < -0.3 is 11.1 Å². The maximum atomic E-state index is 14.6. The normalized spacial score (nSPS) is 18.2. The molecule has 0 fully saturated rings. The van der Waals surface area contributed by atoms with Crippen molar-refractivity contribution in [3.63, 3.8) is 0 Å². The molecule has 1 amide bonds. The summed E-state index contributed by atoms with van der Waals surface area (Å²) in [7, 11) is 0. The first-order valence-corrected chi connectivity index (χ1v) is 8.31. The molecular weight excluding hydrogens is 331 g/mol. The largest absolute Gasteiger partial charge is 0.383 e. The van der Waals surface area contributed by atoms with Crippen molar-refractivity contribution in [2.24, 2.45) is 10.7 Å². The van der Waals surface area contributed by atoms with Gasteiger partial charge in [-0.2, -0.15) is 0 Å². The minimum Gasteiger partial charge on any atom is -0.383 e. The van der Waals surface area contributed by atoms with Gasteiger partial charge in [-0.05, 0) is 42.7 Å². The Balaban J connectivity index is 1.98. The van der Waals surface area contributed by atoms with Gasteiger partial charge in [-0.25, -0.2) is 4.39 Å². The summed E-state index contributed by atoms with van der Waals surface area (Å²) in [6.07, 6.45) is 4.42. The van der Waals surface area contributed by atoms with Gasteiger partial charge >= 0.3 is 0 Å². The molecule has 1 aromatic heterocycles. The first-order valence-electron chi connectivity index (χ1n) is 8.31. The molecule has 2 aromatic rings. The third kappa shape index (κ3) is 3.42. The van der Waals surface area contributed by atoms with E-state index in [-0.39, 0.29) is 0 Å². The number of nitrogens with zero attached hydrogens (tertiary/aromatic N) is 2. The van der Waals surface area contributed by atoms with Crippen LogP contribution in [0.15, 0.2) is 41.7 Å². The molecule has 1 unspecified atom stereocenters. The molecule has 3 rings (SSSR count). The lowest BCUT2D eigenvalue weighted by Crippen LogP contribution is -2.34. The molecule has 1 atom stereocenters. The number of benzene rings is 1. The predicted molar refractivity (Wildman–Crippen MR) is 99.1 cm³/mol. The highest BCUT2D eigenvalue weighted by Gasteiger charge is 2.34. The van der Waals surface area contributed by atoms with Crippen LogP contribution in [-0.2, 0) is 16.8 Å². The van der Waals surface area contributed by atoms with Crippen LogP contribution in [0.3, 0.4) is 0 Å². The number of carbonyl (C=O) groups excluding carboxylic acids is 1. The third-order valence-electron chi connectivity index (χ3n) is 4.26. The van der Waals surface area contributed by atoms with Gasteiger partial charge in [0.15, 0.2) is 0 Å². The van der Waals surface area contributed by atoms with Crippen molar-refractivity contribution in [3.8, 4) is 11.8 Å². The minimum atomic E-state index is -0.889. The van der Waals surface area contributed by atoms with Crippen molar-refractivity contribution in [3.05, 3.63) is 59.2 Å². The van der Waals surface area contributed by atoms with E-state index in [1.807, 2.05) is 13.8 Å². The predicted octanol–water partition coefficient (Wildman–Crippen LogP) is 2.75. The zero-order chi connectivity index (χ0) is 18.7. The highest BCUT2D eigenvalue weighted by molar-refractivity contribution is 6.04. The SMILES string of the molecule is CCC#CC(=O)Nc1ccc(F)c(C2(C)Cc3cnccc3C(N)=N2)c1. The van der Waals surface area contributed by atoms with E-state index in [0.717, 1.165) is 11.1 Å². The second-order valence-electron chi connectivity index (χ2n) is 6.28. The number of amides is 1. The Morgan fingerprint density at radius 2 is 2.23 bits per heavy atom. The average molecular weight is 350 g/mol. The van der Waals surface area contributed by atoms with Crippen LogP contribution in [0.1, 0.15) is 37.0 Å². The number of hydrogen-bond acceptors (Lipinski definition) is 4. The molecule has 1 aliphatic rings. The molecule has 5 nitrogen and oxygen atoms in total. The Labute approximate surface area is 151 Å². The van der Waals surface area contributed by atoms with Crippen LogP contribution >= 0.6 is 0 Å². The summed E-state index contributed by atoms with van der Waals surface area (Å²) in [5, 5.41) is 2.66. The van der Waals surface area contributed by atoms with Crippen molar-refractivity contribution in [1.29, 1.82) is 0 Å². The molecule has 1 aliphatic heterocycles. The lowest BCUT2D eigenvalue weighted by atomic mass is 9.82. The molecule has 0 spiro atoms. The van der Waals surface area contributed by atoms with Crippen molar-refractivity contribution in [1.82, 2.24) is 4.98 Å². The molecule has 0 aliphatic carbocycles. The number of hydrogen-bond donors (Lipinski definition) is 2. The van der Waals surface area contributed by atoms with Crippen molar-refractivity contribution < 1.29 is 9.18 Å². The fourth-order valence-corrected chi connectivity index (χ4v) is 3.06. The molecular formula is C20H19FN4O. The fraction of sp³-hybridized carbons (Fsp3) is 0.250. The Hall–Kier alpha value is -3.20. The van der Waals surface area contributed by atoms with Gasteiger partial charge in [0.25, 0.3) is 5.91 Å². The van der Waals surface area contributed by atoms with Crippen molar-refractivity contribution >= 4 is 17.4 Å². The van der Waals surface area contributed by atoms with Crippen LogP contribution in [0, 0.1) is 17.7 Å². The Bertz CT molecular complexity index is 958. The number of halogens is 1. The summed E-state index contributed by atoms with van der Waals surface area (Å²) in [6, 6.07) is 6.19. The van der Waals surface area contributed by atoms with Crippen LogP contribution in [0.25, 0.3) is 0 Å². The number of aromatic nitrogens is 1. The van der Waals surface area contributed by atoms with Crippen LogP contribution in [0.5, 0.6) is 0 Å². The quantitative estimate of drug-likeness (QED) is 0.817. The standard InChI is InChI=1S/C20H19FN4O/c1-3-4-5-18(26)24-14-6-7-17(21)16(10-14)20(2)11-13-12-23-9-8-15(13)19(22)25-20/h6-10,12H,3,11H2,1-2H3,(H2,22,25)(H,24,26). The van der Waals surface area contributed by atoms with E-state index in [1.54, 1.807) is 24.5 Å². The number of fused-ring (bicyclic) bond motifs is 1. The molecule has 0 bridgehead atoms. The molecule has 132 valence electrons. The topological polar surface area (TPSA) is 80.4 Å². The van der Waals surface area contributed by atoms with Gasteiger partial charge in [0.05, 0.1) is 5.54 Å². The minimum absolute atomic E-state index is 0.346. The number of carbonyl (C=O) groups is 1. The number of nitrogens with one attached hydrogen (secondary N) is 1. The van der Waals surface area contributed by atoms with Gasteiger partial charge in [-0.1, -0.05) is 12.8 Å². The molecule has 6 heteroatoms.